The van der Waals surface area contributed by atoms with Gasteiger partial charge >= 0.3 is 16.6 Å². The standard InChI is InChI=1S/C94H69N5O3Si2.Pt/c1-94(2,3)69-59-60-95-92(62-69)99-86-58-54-71(98-84-49-27-25-47-80(84)81-48-26-28-50-85(81)98)64-83(86)82-56-55-73(65-88(82)99)100-72-34-29-33-70(63-72)96-66-97(87-57-53-68(61-89(87)96)67-31-11-4-12-32-67)93-90(101-103(74-35-13-5-14-36-74,75-37-15-6-16-38-75)76-39-17-7-18-40-76)51-30-52-91(93)102-104(77-41-19-8-20-42-77,78-43-21-9-22-44-78)79-45-23-10-24-46-79;/h4-62,64H,1-3H3;/q-2;/i4D,5D,6D,7D,8D,9D,10D,11D,12D,13D,14D,15D,16D,17D,18D,19D,20D,21D,22D,23D,24D,31D,32D,35D,36D,37D,38D,39D,40D,41D,42D,43D,44D,45D,46D;. The summed E-state index contributed by atoms with van der Waals surface area (Å²) in [4.78, 5) is 4.94. The zero-order valence-electron chi connectivity index (χ0n) is 90.2. The van der Waals surface area contributed by atoms with Crippen LogP contribution in [0.25, 0.3) is 88.7 Å². The van der Waals surface area contributed by atoms with E-state index in [0.29, 0.717) is 16.7 Å². The van der Waals surface area contributed by atoms with Gasteiger partial charge in [-0.2, -0.15) is 18.2 Å². The third-order valence-corrected chi connectivity index (χ3v) is 24.6. The van der Waals surface area contributed by atoms with Crippen molar-refractivity contribution >= 4 is 102 Å². The Labute approximate surface area is 676 Å². The molecule has 0 saturated carbocycles. The Hall–Kier alpha value is -12.2. The number of fused-ring (bicyclic) bond motifs is 7. The van der Waals surface area contributed by atoms with E-state index in [1.54, 1.807) is 12.3 Å². The van der Waals surface area contributed by atoms with Gasteiger partial charge in [0.15, 0.2) is 0 Å². The Morgan fingerprint density at radius 1 is 0.410 bits per heavy atom. The Balaban J connectivity index is 0.0000135. The third kappa shape index (κ3) is 11.8. The molecule has 0 N–H and O–H groups in total. The molecule has 0 fully saturated rings. The van der Waals surface area contributed by atoms with Gasteiger partial charge in [-0.1, -0.05) is 292 Å². The summed E-state index contributed by atoms with van der Waals surface area (Å²) in [6.45, 7) is 6.20. The van der Waals surface area contributed by atoms with Gasteiger partial charge in [-0.3, -0.25) is 4.57 Å². The zero-order valence-corrected chi connectivity index (χ0v) is 59.5. The van der Waals surface area contributed by atoms with E-state index in [0.717, 1.165) is 66.7 Å². The molecule has 8 nitrogen and oxygen atoms in total. The first-order chi connectivity index (χ1) is 65.7. The first-order valence-electron chi connectivity index (χ1n) is 49.9. The van der Waals surface area contributed by atoms with Gasteiger partial charge in [0, 0.05) is 60.7 Å². The summed E-state index contributed by atoms with van der Waals surface area (Å²) in [5.74, 6) is -1.62. The summed E-state index contributed by atoms with van der Waals surface area (Å²) < 4.78 is 361. The molecule has 4 heterocycles. The fraction of sp³-hybridized carbons (Fsp3) is 0.0426. The molecule has 0 atom stereocenters. The maximum absolute atomic E-state index is 10.0. The third-order valence-electron chi connectivity index (χ3n) is 17.8. The van der Waals surface area contributed by atoms with E-state index in [9.17, 15) is 35.6 Å². The summed E-state index contributed by atoms with van der Waals surface area (Å²) in [6.07, 6.45) is 4.91. The molecule has 0 aliphatic rings. The first kappa shape index (κ1) is 37.8. The van der Waals surface area contributed by atoms with Gasteiger partial charge in [0.05, 0.1) is 70.0 Å². The van der Waals surface area contributed by atoms with Gasteiger partial charge in [0.25, 0.3) is 6.33 Å². The number of hydrogen-bond donors (Lipinski definition) is 0. The van der Waals surface area contributed by atoms with Crippen LogP contribution in [0.3, 0.4) is 0 Å². The van der Waals surface area contributed by atoms with E-state index in [4.69, 9.17) is 30.9 Å². The average Bonchev–Trinajstić information content (AvgIpc) is 0.743. The summed E-state index contributed by atoms with van der Waals surface area (Å²) >= 11 is 0. The van der Waals surface area contributed by atoms with Crippen LogP contribution >= 0.6 is 0 Å². The topological polar surface area (TPSA) is 59.2 Å². The second kappa shape index (κ2) is 27.5. The SMILES string of the molecule is [2H]c1c([2H])c([2H])c(-c2ccc3c(c2)n(-c2[c-]c(Oc4[c-]c5c(cc4)c4cc(-n6c7ccccc7c7ccccc76)ccc4n5-c4cc(C(C)(C)C)ccn4)ccc2)[c-][n+]3-c2c(O[Si](c3c([2H])c([2H])c([2H])c([2H])c3[2H])(c3c([2H])c([2H])c([2H])c([2H])c3[2H])c3c([2H])c([2H])c([2H])c([2H])c3[2H])cccc2O[Si](c2c([2H])c([2H])c([2H])c([2H])c2[2H])(c2c([2H])c([2H])c([2H])c([2H])c2[2H])c2c([2H])c([2H])c([2H])c([2H])c2[2H])c([2H])c1[2H].[Pt]. The molecule has 105 heavy (non-hydrogen) atoms. The number of para-hydroxylation sites is 3. The van der Waals surface area contributed by atoms with Crippen molar-refractivity contribution in [2.45, 2.75) is 26.2 Å². The van der Waals surface area contributed by atoms with Gasteiger partial charge in [-0.15, -0.1) is 29.7 Å². The monoisotopic (exact) mass is 1600 g/mol. The molecular weight excluding hydrogens is 1500 g/mol. The molecule has 0 saturated heterocycles. The number of imidazole rings is 1. The van der Waals surface area contributed by atoms with E-state index >= 15 is 0 Å². The molecule has 11 heteroatoms. The maximum Gasteiger partial charge on any atom is 0.346 e. The molecule has 0 amide bonds. The zero-order chi connectivity index (χ0) is 100. The van der Waals surface area contributed by atoms with Crippen LogP contribution in [0.15, 0.2) is 363 Å². The number of nitrogens with zero attached hydrogens (tertiary/aromatic N) is 5. The molecule has 14 aromatic carbocycles. The van der Waals surface area contributed by atoms with Crippen LogP contribution in [-0.4, -0.2) is 35.3 Å². The molecular formula is C94H69N5O3PtSi2-2. The van der Waals surface area contributed by atoms with Crippen molar-refractivity contribution < 1.29 is 87.2 Å². The van der Waals surface area contributed by atoms with Crippen LogP contribution in [0.5, 0.6) is 23.0 Å². The van der Waals surface area contributed by atoms with Crippen molar-refractivity contribution in [3.63, 3.8) is 0 Å². The Kier molecular flexibility index (Phi) is 9.93. The number of ether oxygens (including phenoxy) is 1. The molecule has 0 bridgehead atoms. The Morgan fingerprint density at radius 2 is 0.895 bits per heavy atom. The van der Waals surface area contributed by atoms with Crippen molar-refractivity contribution in [3.05, 3.63) is 387 Å². The number of rotatable bonds is 17. The van der Waals surface area contributed by atoms with E-state index in [1.165, 1.54) is 41.0 Å². The maximum atomic E-state index is 10.0. The molecule has 4 aromatic heterocycles. The van der Waals surface area contributed by atoms with Gasteiger partial charge in [0.1, 0.15) is 23.0 Å². The number of benzene rings is 14. The Bertz CT molecular complexity index is 7650. The summed E-state index contributed by atoms with van der Waals surface area (Å²) in [7, 11) is -13.6. The molecule has 0 spiro atoms. The second-order valence-corrected chi connectivity index (χ2v) is 30.9. The quantitative estimate of drug-likeness (QED) is 0.0394. The molecule has 0 unspecified atom stereocenters. The fourth-order valence-corrected chi connectivity index (χ4v) is 19.1. The van der Waals surface area contributed by atoms with Crippen molar-refractivity contribution in [3.8, 4) is 57.0 Å². The number of hydrogen-bond acceptors (Lipinski definition) is 4. The predicted molar refractivity (Wildman–Crippen MR) is 428 cm³/mol. The van der Waals surface area contributed by atoms with Crippen molar-refractivity contribution in [2.24, 2.45) is 0 Å². The van der Waals surface area contributed by atoms with Crippen molar-refractivity contribution in [1.82, 2.24) is 18.7 Å². The van der Waals surface area contributed by atoms with E-state index < -0.39 is 282 Å². The van der Waals surface area contributed by atoms with Crippen LogP contribution < -0.4 is 49.3 Å². The summed E-state index contributed by atoms with van der Waals surface area (Å²) in [6, 6.07) is 5.51. The molecule has 508 valence electrons. The van der Waals surface area contributed by atoms with E-state index in [-0.39, 0.29) is 60.3 Å². The van der Waals surface area contributed by atoms with Gasteiger partial charge in [-0.25, -0.2) is 4.98 Å². The van der Waals surface area contributed by atoms with Crippen LogP contribution in [0.2, 0.25) is 0 Å². The normalized spacial score (nSPS) is 16.5. The molecule has 18 rings (SSSR count). The van der Waals surface area contributed by atoms with Crippen LogP contribution in [-0.2, 0) is 26.5 Å². The second-order valence-electron chi connectivity index (χ2n) is 24.8. The van der Waals surface area contributed by atoms with E-state index in [1.807, 2.05) is 71.3 Å². The fourth-order valence-electron chi connectivity index (χ4n) is 13.1. The average molecular weight is 1600 g/mol. The minimum atomic E-state index is -6.78. The molecule has 0 radical (unpaired) electrons. The number of pyridine rings is 1. The minimum Gasteiger partial charge on any atom is -0.533 e. The Morgan fingerprint density at radius 3 is 1.42 bits per heavy atom. The number of aromatic nitrogens is 5. The van der Waals surface area contributed by atoms with Crippen LogP contribution in [0.4, 0.5) is 0 Å². The van der Waals surface area contributed by atoms with Crippen LogP contribution in [0, 0.1) is 18.5 Å². The van der Waals surface area contributed by atoms with Crippen LogP contribution in [0.1, 0.15) is 74.3 Å². The largest absolute Gasteiger partial charge is 0.533 e. The van der Waals surface area contributed by atoms with Crippen molar-refractivity contribution in [2.75, 3.05) is 0 Å². The van der Waals surface area contributed by atoms with Gasteiger partial charge in [-0.05, 0) is 125 Å². The summed E-state index contributed by atoms with van der Waals surface area (Å²) in [5, 5.41) is -3.81. The minimum absolute atomic E-state index is 0. The molecule has 0 aliphatic heterocycles. The smallest absolute Gasteiger partial charge is 0.346 e. The first-order valence-corrected chi connectivity index (χ1v) is 36.2. The molecule has 0 aliphatic carbocycles. The predicted octanol–water partition coefficient (Wildman–Crippen LogP) is 17.7. The van der Waals surface area contributed by atoms with Gasteiger partial charge < -0.3 is 27.3 Å². The van der Waals surface area contributed by atoms with Crippen molar-refractivity contribution in [1.29, 1.82) is 0 Å². The van der Waals surface area contributed by atoms with E-state index in [2.05, 4.69) is 62.0 Å². The molecule has 18 aromatic rings. The summed E-state index contributed by atoms with van der Waals surface area (Å²) in [5.41, 5.74) is 2.32. The van der Waals surface area contributed by atoms with Gasteiger partial charge in [0.2, 0.25) is 0 Å².